The van der Waals surface area contributed by atoms with Crippen molar-refractivity contribution in [2.75, 3.05) is 23.7 Å². The molecule has 10 heteroatoms. The summed E-state index contributed by atoms with van der Waals surface area (Å²) >= 11 is 6.05. The van der Waals surface area contributed by atoms with Crippen molar-refractivity contribution in [3.63, 3.8) is 0 Å². The Balaban J connectivity index is 2.38. The van der Waals surface area contributed by atoms with Gasteiger partial charge in [0.15, 0.2) is 0 Å². The number of hydrogen-bond donors (Lipinski definition) is 1. The molecule has 2 aromatic rings. The maximum atomic E-state index is 14.3. The van der Waals surface area contributed by atoms with Gasteiger partial charge >= 0.3 is 0 Å². The average molecular weight is 484 g/mol. The van der Waals surface area contributed by atoms with Crippen LogP contribution in [0.3, 0.4) is 0 Å². The van der Waals surface area contributed by atoms with Crippen LogP contribution in [0.1, 0.15) is 25.8 Å². The van der Waals surface area contributed by atoms with Gasteiger partial charge in [0.05, 0.1) is 11.9 Å². The summed E-state index contributed by atoms with van der Waals surface area (Å²) in [5.74, 6) is -1.81. The largest absolute Gasteiger partial charge is 0.354 e. The van der Waals surface area contributed by atoms with Crippen LogP contribution in [0.25, 0.3) is 0 Å². The van der Waals surface area contributed by atoms with E-state index in [4.69, 9.17) is 11.6 Å². The predicted octanol–water partition coefficient (Wildman–Crippen LogP) is 3.19. The topological polar surface area (TPSA) is 86.8 Å². The van der Waals surface area contributed by atoms with Crippen LogP contribution < -0.4 is 9.62 Å². The van der Waals surface area contributed by atoms with Crippen molar-refractivity contribution < 1.29 is 22.4 Å². The van der Waals surface area contributed by atoms with Crippen LogP contribution in [0, 0.1) is 5.82 Å². The van der Waals surface area contributed by atoms with E-state index >= 15 is 0 Å². The Morgan fingerprint density at radius 2 is 1.84 bits per heavy atom. The zero-order chi connectivity index (χ0) is 23.9. The first kappa shape index (κ1) is 25.6. The minimum atomic E-state index is -3.98. The number of hydrogen-bond acceptors (Lipinski definition) is 4. The number of para-hydroxylation sites is 1. The number of sulfonamides is 1. The van der Waals surface area contributed by atoms with Gasteiger partial charge in [-0.3, -0.25) is 13.9 Å². The highest BCUT2D eigenvalue weighted by Gasteiger charge is 2.30. The van der Waals surface area contributed by atoms with E-state index in [9.17, 15) is 22.4 Å². The molecule has 0 aliphatic rings. The minimum absolute atomic E-state index is 0.0228. The maximum absolute atomic E-state index is 14.3. The summed E-state index contributed by atoms with van der Waals surface area (Å²) < 4.78 is 39.8. The lowest BCUT2D eigenvalue weighted by Gasteiger charge is -2.31. The lowest BCUT2D eigenvalue weighted by atomic mass is 10.1. The van der Waals surface area contributed by atoms with Gasteiger partial charge in [-0.25, -0.2) is 12.8 Å². The van der Waals surface area contributed by atoms with E-state index < -0.39 is 34.3 Å². The Labute approximate surface area is 193 Å². The molecule has 0 unspecified atom stereocenters. The van der Waals surface area contributed by atoms with E-state index in [0.717, 1.165) is 18.7 Å². The highest BCUT2D eigenvalue weighted by Crippen LogP contribution is 2.22. The fourth-order valence-electron chi connectivity index (χ4n) is 3.06. The molecule has 0 spiro atoms. The zero-order valence-electron chi connectivity index (χ0n) is 18.2. The summed E-state index contributed by atoms with van der Waals surface area (Å²) in [7, 11) is -3.98. The average Bonchev–Trinajstić information content (AvgIpc) is 2.73. The van der Waals surface area contributed by atoms with E-state index in [1.54, 1.807) is 31.2 Å². The predicted molar refractivity (Wildman–Crippen MR) is 123 cm³/mol. The van der Waals surface area contributed by atoms with Gasteiger partial charge in [0, 0.05) is 18.1 Å². The van der Waals surface area contributed by atoms with Gasteiger partial charge in [0.2, 0.25) is 21.8 Å². The third kappa shape index (κ3) is 6.93. The summed E-state index contributed by atoms with van der Waals surface area (Å²) in [5, 5.41) is 3.20. The third-order valence-electron chi connectivity index (χ3n) is 4.76. The van der Waals surface area contributed by atoms with E-state index in [1.165, 1.54) is 23.1 Å². The van der Waals surface area contributed by atoms with Gasteiger partial charge in [-0.1, -0.05) is 42.8 Å². The second-order valence-corrected chi connectivity index (χ2v) is 9.68. The highest BCUT2D eigenvalue weighted by atomic mass is 35.5. The molecule has 0 aromatic heterocycles. The van der Waals surface area contributed by atoms with Crippen molar-refractivity contribution in [1.29, 1.82) is 0 Å². The first-order valence-corrected chi connectivity index (χ1v) is 12.3. The van der Waals surface area contributed by atoms with Gasteiger partial charge in [0.1, 0.15) is 18.4 Å². The molecule has 0 aliphatic carbocycles. The van der Waals surface area contributed by atoms with E-state index in [0.29, 0.717) is 21.4 Å². The standard InChI is InChI=1S/C22H27ClFN3O4S/c1-4-12-25-22(29)16(2)26(14-17-8-7-9-18(23)13-17)21(28)15-27(32(3,30)31)20-11-6-5-10-19(20)24/h5-11,13,16H,4,12,14-15H2,1-3H3,(H,25,29)/t16-/m1/s1. The van der Waals surface area contributed by atoms with Gasteiger partial charge in [-0.2, -0.15) is 0 Å². The van der Waals surface area contributed by atoms with Crippen molar-refractivity contribution in [2.45, 2.75) is 32.9 Å². The van der Waals surface area contributed by atoms with Crippen LogP contribution in [0.5, 0.6) is 0 Å². The Bertz CT molecular complexity index is 1060. The zero-order valence-corrected chi connectivity index (χ0v) is 19.8. The summed E-state index contributed by atoms with van der Waals surface area (Å²) in [6.45, 7) is 3.26. The molecule has 0 aliphatic heterocycles. The number of carbonyl (C=O) groups excluding carboxylic acids is 2. The summed E-state index contributed by atoms with van der Waals surface area (Å²) in [6, 6.07) is 11.2. The number of amides is 2. The number of rotatable bonds is 10. The van der Waals surface area contributed by atoms with Crippen LogP contribution in [-0.2, 0) is 26.2 Å². The third-order valence-corrected chi connectivity index (χ3v) is 6.12. The lowest BCUT2D eigenvalue weighted by molar-refractivity contribution is -0.139. The SMILES string of the molecule is CCCNC(=O)[C@@H](C)N(Cc1cccc(Cl)c1)C(=O)CN(c1ccccc1F)S(C)(=O)=O. The molecule has 0 bridgehead atoms. The normalized spacial score (nSPS) is 12.2. The van der Waals surface area contributed by atoms with Crippen LogP contribution in [0.15, 0.2) is 48.5 Å². The molecule has 1 N–H and O–H groups in total. The van der Waals surface area contributed by atoms with Crippen LogP contribution >= 0.6 is 11.6 Å². The van der Waals surface area contributed by atoms with Crippen molar-refractivity contribution in [3.05, 3.63) is 64.9 Å². The second kappa shape index (κ2) is 11.3. The van der Waals surface area contributed by atoms with Gasteiger partial charge in [0.25, 0.3) is 0 Å². The fourth-order valence-corrected chi connectivity index (χ4v) is 4.12. The Hall–Kier alpha value is -2.65. The molecule has 7 nitrogen and oxygen atoms in total. The van der Waals surface area contributed by atoms with Crippen LogP contribution in [-0.4, -0.2) is 50.5 Å². The smallest absolute Gasteiger partial charge is 0.244 e. The molecule has 0 radical (unpaired) electrons. The molecule has 174 valence electrons. The summed E-state index contributed by atoms with van der Waals surface area (Å²) in [6.07, 6.45) is 1.61. The molecule has 0 fully saturated rings. The second-order valence-electron chi connectivity index (χ2n) is 7.34. The van der Waals surface area contributed by atoms with Gasteiger partial charge < -0.3 is 10.2 Å². The lowest BCUT2D eigenvalue weighted by Crippen LogP contribution is -2.51. The monoisotopic (exact) mass is 483 g/mol. The number of halogens is 2. The van der Waals surface area contributed by atoms with Crippen LogP contribution in [0.2, 0.25) is 5.02 Å². The van der Waals surface area contributed by atoms with Crippen LogP contribution in [0.4, 0.5) is 10.1 Å². The Kier molecular flexibility index (Phi) is 9.03. The Morgan fingerprint density at radius 3 is 2.44 bits per heavy atom. The van der Waals surface area contributed by atoms with Gasteiger partial charge in [-0.05, 0) is 43.2 Å². The van der Waals surface area contributed by atoms with Crippen molar-refractivity contribution in [3.8, 4) is 0 Å². The molecule has 0 saturated carbocycles. The molecule has 0 saturated heterocycles. The summed E-state index contributed by atoms with van der Waals surface area (Å²) in [4.78, 5) is 27.1. The molecule has 2 aromatic carbocycles. The molecule has 32 heavy (non-hydrogen) atoms. The Morgan fingerprint density at radius 1 is 1.16 bits per heavy atom. The quantitative estimate of drug-likeness (QED) is 0.562. The van der Waals surface area contributed by atoms with Crippen molar-refractivity contribution in [1.82, 2.24) is 10.2 Å². The number of anilines is 1. The number of nitrogens with zero attached hydrogens (tertiary/aromatic N) is 2. The molecule has 2 rings (SSSR count). The maximum Gasteiger partial charge on any atom is 0.244 e. The fraction of sp³-hybridized carbons (Fsp3) is 0.364. The molecule has 0 heterocycles. The highest BCUT2D eigenvalue weighted by molar-refractivity contribution is 7.92. The molecular formula is C22H27ClFN3O4S. The number of nitrogens with one attached hydrogen (secondary N) is 1. The number of carbonyl (C=O) groups is 2. The summed E-state index contributed by atoms with van der Waals surface area (Å²) in [5.41, 5.74) is 0.423. The minimum Gasteiger partial charge on any atom is -0.354 e. The van der Waals surface area contributed by atoms with Gasteiger partial charge in [-0.15, -0.1) is 0 Å². The van der Waals surface area contributed by atoms with Crippen molar-refractivity contribution >= 4 is 39.1 Å². The first-order valence-electron chi connectivity index (χ1n) is 10.1. The number of benzene rings is 2. The first-order chi connectivity index (χ1) is 15.0. The molecule has 2 amide bonds. The molecule has 1 atom stereocenters. The van der Waals surface area contributed by atoms with E-state index in [-0.39, 0.29) is 18.1 Å². The van der Waals surface area contributed by atoms with E-state index in [1.807, 2.05) is 6.92 Å². The van der Waals surface area contributed by atoms with Crippen molar-refractivity contribution in [2.24, 2.45) is 0 Å². The molecular weight excluding hydrogens is 457 g/mol. The van der Waals surface area contributed by atoms with E-state index in [2.05, 4.69) is 5.32 Å².